The van der Waals surface area contributed by atoms with E-state index in [2.05, 4.69) is 34.4 Å². The average Bonchev–Trinajstić information content (AvgIpc) is 2.98. The Balaban J connectivity index is 1.75. The van der Waals surface area contributed by atoms with Crippen LogP contribution in [0.1, 0.15) is 44.0 Å². The van der Waals surface area contributed by atoms with Crippen molar-refractivity contribution in [2.45, 2.75) is 45.6 Å². The van der Waals surface area contributed by atoms with Gasteiger partial charge >= 0.3 is 0 Å². The van der Waals surface area contributed by atoms with Gasteiger partial charge in [0.2, 0.25) is 5.13 Å². The van der Waals surface area contributed by atoms with Gasteiger partial charge in [0.15, 0.2) is 0 Å². The van der Waals surface area contributed by atoms with Gasteiger partial charge in [-0.1, -0.05) is 31.1 Å². The van der Waals surface area contributed by atoms with Gasteiger partial charge in [-0.25, -0.2) is 0 Å². The maximum atomic E-state index is 4.25. The van der Waals surface area contributed by atoms with Crippen LogP contribution in [0.5, 0.6) is 0 Å². The van der Waals surface area contributed by atoms with E-state index >= 15 is 0 Å². The van der Waals surface area contributed by atoms with Crippen molar-refractivity contribution >= 4 is 16.5 Å². The first-order valence-electron chi connectivity index (χ1n) is 7.02. The Morgan fingerprint density at radius 3 is 2.83 bits per heavy atom. The van der Waals surface area contributed by atoms with E-state index in [0.717, 1.165) is 35.6 Å². The summed E-state index contributed by atoms with van der Waals surface area (Å²) < 4.78 is 0. The molecule has 1 aromatic heterocycles. The van der Waals surface area contributed by atoms with Crippen LogP contribution in [0, 0.1) is 5.92 Å². The summed E-state index contributed by atoms with van der Waals surface area (Å²) in [6, 6.07) is 0. The molecule has 18 heavy (non-hydrogen) atoms. The molecule has 1 saturated carbocycles. The molecule has 0 bridgehead atoms. The van der Waals surface area contributed by atoms with Crippen LogP contribution in [-0.2, 0) is 6.54 Å². The molecule has 1 aromatic rings. The zero-order chi connectivity index (χ0) is 12.8. The van der Waals surface area contributed by atoms with Crippen LogP contribution in [0.25, 0.3) is 0 Å². The molecule has 0 atom stereocenters. The van der Waals surface area contributed by atoms with Gasteiger partial charge in [0.1, 0.15) is 5.01 Å². The van der Waals surface area contributed by atoms with Crippen LogP contribution in [0.15, 0.2) is 0 Å². The van der Waals surface area contributed by atoms with Crippen molar-refractivity contribution in [2.75, 3.05) is 25.5 Å². The highest BCUT2D eigenvalue weighted by Crippen LogP contribution is 2.26. The lowest BCUT2D eigenvalue weighted by Crippen LogP contribution is -2.23. The van der Waals surface area contributed by atoms with Crippen LogP contribution in [-0.4, -0.2) is 35.2 Å². The molecule has 0 aromatic carbocycles. The highest BCUT2D eigenvalue weighted by molar-refractivity contribution is 7.15. The molecule has 0 spiro atoms. The molecule has 0 saturated heterocycles. The van der Waals surface area contributed by atoms with Gasteiger partial charge in [0, 0.05) is 13.1 Å². The third-order valence-corrected chi connectivity index (χ3v) is 4.31. The second-order valence-electron chi connectivity index (χ2n) is 5.27. The van der Waals surface area contributed by atoms with E-state index in [1.54, 1.807) is 11.3 Å². The molecule has 5 heteroatoms. The van der Waals surface area contributed by atoms with E-state index in [0.29, 0.717) is 0 Å². The van der Waals surface area contributed by atoms with Crippen LogP contribution in [0.3, 0.4) is 0 Å². The summed E-state index contributed by atoms with van der Waals surface area (Å²) in [5.74, 6) is 0.903. The lowest BCUT2D eigenvalue weighted by molar-refractivity contribution is 0.270. The molecule has 1 fully saturated rings. The fourth-order valence-electron chi connectivity index (χ4n) is 2.55. The largest absolute Gasteiger partial charge is 0.360 e. The predicted octanol–water partition coefficient (Wildman–Crippen LogP) is 2.98. The molecule has 0 amide bonds. The maximum absolute atomic E-state index is 4.25. The summed E-state index contributed by atoms with van der Waals surface area (Å²) in [7, 11) is 2.19. The van der Waals surface area contributed by atoms with Crippen LogP contribution in [0.2, 0.25) is 0 Å². The number of hydrogen-bond donors (Lipinski definition) is 1. The standard InChI is InChI=1S/C13H24N4S/c1-3-8-14-13-16-15-12(18-13)10-17(2)9-11-6-4-5-7-11/h11H,3-10H2,1-2H3,(H,14,16). The van der Waals surface area contributed by atoms with E-state index in [-0.39, 0.29) is 0 Å². The topological polar surface area (TPSA) is 41.1 Å². The van der Waals surface area contributed by atoms with Crippen LogP contribution < -0.4 is 5.32 Å². The summed E-state index contributed by atoms with van der Waals surface area (Å²) in [6.07, 6.45) is 6.77. The fourth-order valence-corrected chi connectivity index (χ4v) is 3.40. The Labute approximate surface area is 114 Å². The first kappa shape index (κ1) is 13.7. The maximum Gasteiger partial charge on any atom is 0.205 e. The minimum atomic E-state index is 0.903. The van der Waals surface area contributed by atoms with Crippen molar-refractivity contribution in [1.29, 1.82) is 0 Å². The number of anilines is 1. The normalized spacial score (nSPS) is 16.6. The second kappa shape index (κ2) is 7.04. The number of hydrogen-bond acceptors (Lipinski definition) is 5. The van der Waals surface area contributed by atoms with E-state index in [1.807, 2.05) is 0 Å². The molecule has 1 aliphatic carbocycles. The van der Waals surface area contributed by atoms with Crippen molar-refractivity contribution in [2.24, 2.45) is 5.92 Å². The van der Waals surface area contributed by atoms with Crippen molar-refractivity contribution < 1.29 is 0 Å². The fraction of sp³-hybridized carbons (Fsp3) is 0.846. The Kier molecular flexibility index (Phi) is 5.38. The quantitative estimate of drug-likeness (QED) is 0.825. The molecule has 0 unspecified atom stereocenters. The first-order valence-corrected chi connectivity index (χ1v) is 7.84. The van der Waals surface area contributed by atoms with E-state index in [1.165, 1.54) is 32.2 Å². The highest BCUT2D eigenvalue weighted by atomic mass is 32.1. The zero-order valence-corrected chi connectivity index (χ0v) is 12.3. The molecule has 2 rings (SSSR count). The monoisotopic (exact) mass is 268 g/mol. The zero-order valence-electron chi connectivity index (χ0n) is 11.5. The van der Waals surface area contributed by atoms with Gasteiger partial charge in [-0.2, -0.15) is 0 Å². The minimum Gasteiger partial charge on any atom is -0.360 e. The van der Waals surface area contributed by atoms with Gasteiger partial charge in [-0.05, 0) is 32.2 Å². The summed E-state index contributed by atoms with van der Waals surface area (Å²) >= 11 is 1.68. The van der Waals surface area contributed by atoms with Crippen LogP contribution in [0.4, 0.5) is 5.13 Å². The molecule has 4 nitrogen and oxygen atoms in total. The summed E-state index contributed by atoms with van der Waals surface area (Å²) in [6.45, 7) is 5.27. The van der Waals surface area contributed by atoms with Crippen molar-refractivity contribution in [3.8, 4) is 0 Å². The van der Waals surface area contributed by atoms with Gasteiger partial charge < -0.3 is 5.32 Å². The van der Waals surface area contributed by atoms with E-state index in [9.17, 15) is 0 Å². The number of aromatic nitrogens is 2. The summed E-state index contributed by atoms with van der Waals surface area (Å²) in [5.41, 5.74) is 0. The third kappa shape index (κ3) is 4.21. The van der Waals surface area contributed by atoms with Gasteiger partial charge in [0.25, 0.3) is 0 Å². The van der Waals surface area contributed by atoms with Crippen molar-refractivity contribution in [3.63, 3.8) is 0 Å². The summed E-state index contributed by atoms with van der Waals surface area (Å²) in [5, 5.41) is 13.8. The van der Waals surface area contributed by atoms with Gasteiger partial charge in [-0.3, -0.25) is 4.90 Å². The van der Waals surface area contributed by atoms with E-state index < -0.39 is 0 Å². The molecule has 0 radical (unpaired) electrons. The molecular weight excluding hydrogens is 244 g/mol. The number of nitrogens with one attached hydrogen (secondary N) is 1. The molecule has 1 N–H and O–H groups in total. The molecule has 1 heterocycles. The minimum absolute atomic E-state index is 0.903. The molecule has 1 aliphatic rings. The molecule has 102 valence electrons. The highest BCUT2D eigenvalue weighted by Gasteiger charge is 2.17. The SMILES string of the molecule is CCCNc1nnc(CN(C)CC2CCCC2)s1. The third-order valence-electron chi connectivity index (χ3n) is 3.44. The average molecular weight is 268 g/mol. The first-order chi connectivity index (χ1) is 8.78. The molecule has 0 aliphatic heterocycles. The van der Waals surface area contributed by atoms with Crippen molar-refractivity contribution in [3.05, 3.63) is 5.01 Å². The van der Waals surface area contributed by atoms with Gasteiger partial charge in [0.05, 0.1) is 6.54 Å². The Morgan fingerprint density at radius 2 is 2.11 bits per heavy atom. The Bertz CT molecular complexity index is 347. The number of rotatable bonds is 7. The van der Waals surface area contributed by atoms with Gasteiger partial charge in [-0.15, -0.1) is 10.2 Å². The lowest BCUT2D eigenvalue weighted by Gasteiger charge is -2.19. The second-order valence-corrected chi connectivity index (χ2v) is 6.34. The van der Waals surface area contributed by atoms with E-state index in [4.69, 9.17) is 0 Å². The number of nitrogens with zero attached hydrogens (tertiary/aromatic N) is 3. The van der Waals surface area contributed by atoms with Crippen LogP contribution >= 0.6 is 11.3 Å². The Hall–Kier alpha value is -0.680. The smallest absolute Gasteiger partial charge is 0.205 e. The van der Waals surface area contributed by atoms with Crippen molar-refractivity contribution in [1.82, 2.24) is 15.1 Å². The Morgan fingerprint density at radius 1 is 1.33 bits per heavy atom. The summed E-state index contributed by atoms with van der Waals surface area (Å²) in [4.78, 5) is 2.39. The molecular formula is C13H24N4S. The lowest BCUT2D eigenvalue weighted by atomic mass is 10.1. The predicted molar refractivity (Wildman–Crippen MR) is 77.0 cm³/mol.